The Kier molecular flexibility index (Phi) is 7.68. The van der Waals surface area contributed by atoms with Crippen molar-refractivity contribution in [2.24, 2.45) is 5.92 Å². The number of carbonyl (C=O) groups is 3. The molecule has 9 heteroatoms. The highest BCUT2D eigenvalue weighted by Crippen LogP contribution is 2.37. The van der Waals surface area contributed by atoms with E-state index >= 15 is 0 Å². The standard InChI is InChI=1S/C27H32F2N4O3/c1-31(2)16-17-33-25(35)27(30-26(33)36,13-10-19-6-4-3-5-7-19)20-11-14-32(15-12-20)24(34)22-18-21(28)8-9-23(22)29/h3-9,18,20H,10-17H2,1-2H3,(H,30,36)/t27-/m0/s1. The van der Waals surface area contributed by atoms with Crippen molar-refractivity contribution < 1.29 is 23.2 Å². The van der Waals surface area contributed by atoms with Crippen LogP contribution in [0.2, 0.25) is 0 Å². The summed E-state index contributed by atoms with van der Waals surface area (Å²) in [5, 5.41) is 3.03. The topological polar surface area (TPSA) is 73.0 Å². The van der Waals surface area contributed by atoms with Crippen molar-refractivity contribution in [3.05, 3.63) is 71.3 Å². The Morgan fingerprint density at radius 2 is 1.78 bits per heavy atom. The maximum Gasteiger partial charge on any atom is 0.325 e. The first-order valence-corrected chi connectivity index (χ1v) is 12.3. The lowest BCUT2D eigenvalue weighted by Crippen LogP contribution is -2.57. The van der Waals surface area contributed by atoms with Crippen LogP contribution in [-0.2, 0) is 11.2 Å². The van der Waals surface area contributed by atoms with Gasteiger partial charge >= 0.3 is 6.03 Å². The van der Waals surface area contributed by atoms with Crippen molar-refractivity contribution in [1.82, 2.24) is 20.0 Å². The van der Waals surface area contributed by atoms with Crippen LogP contribution >= 0.6 is 0 Å². The van der Waals surface area contributed by atoms with Gasteiger partial charge in [-0.15, -0.1) is 0 Å². The van der Waals surface area contributed by atoms with Gasteiger partial charge in [-0.3, -0.25) is 14.5 Å². The van der Waals surface area contributed by atoms with Crippen molar-refractivity contribution in [3.8, 4) is 0 Å². The molecule has 0 unspecified atom stereocenters. The van der Waals surface area contributed by atoms with Crippen LogP contribution in [0.5, 0.6) is 0 Å². The van der Waals surface area contributed by atoms with Gasteiger partial charge in [0, 0.05) is 26.2 Å². The zero-order chi connectivity index (χ0) is 25.9. The van der Waals surface area contributed by atoms with Crippen molar-refractivity contribution in [3.63, 3.8) is 0 Å². The number of benzene rings is 2. The number of rotatable bonds is 8. The molecule has 2 heterocycles. The molecule has 0 radical (unpaired) electrons. The molecule has 36 heavy (non-hydrogen) atoms. The number of amides is 4. The average Bonchev–Trinajstić information content (AvgIpc) is 3.12. The number of aryl methyl sites for hydroxylation is 1. The normalized spacial score (nSPS) is 20.8. The Hall–Kier alpha value is -3.33. The number of carbonyl (C=O) groups excluding carboxylic acids is 3. The first kappa shape index (κ1) is 25.8. The van der Waals surface area contributed by atoms with E-state index in [1.165, 1.54) is 9.80 Å². The minimum absolute atomic E-state index is 0.191. The number of imide groups is 1. The molecule has 4 rings (SSSR count). The number of piperidine rings is 1. The molecule has 2 aliphatic rings. The molecule has 2 saturated heterocycles. The van der Waals surface area contributed by atoms with Crippen LogP contribution in [0.4, 0.5) is 13.6 Å². The van der Waals surface area contributed by atoms with Gasteiger partial charge < -0.3 is 15.1 Å². The van der Waals surface area contributed by atoms with E-state index in [1.54, 1.807) is 0 Å². The molecule has 7 nitrogen and oxygen atoms in total. The van der Waals surface area contributed by atoms with Crippen LogP contribution < -0.4 is 5.32 Å². The lowest BCUT2D eigenvalue weighted by molar-refractivity contribution is -0.134. The largest absolute Gasteiger partial charge is 0.339 e. The van der Waals surface area contributed by atoms with Crippen LogP contribution in [0.15, 0.2) is 48.5 Å². The van der Waals surface area contributed by atoms with Gasteiger partial charge in [0.15, 0.2) is 0 Å². The molecule has 192 valence electrons. The number of urea groups is 1. The maximum absolute atomic E-state index is 14.2. The number of likely N-dealkylation sites (N-methyl/N-ethyl adjacent to an activating group) is 1. The molecule has 0 saturated carbocycles. The third-order valence-electron chi connectivity index (χ3n) is 7.26. The summed E-state index contributed by atoms with van der Waals surface area (Å²) in [6.45, 7) is 1.42. The number of halogens is 2. The molecule has 4 amide bonds. The first-order chi connectivity index (χ1) is 17.2. The molecule has 2 aromatic carbocycles. The molecule has 0 spiro atoms. The second-order valence-electron chi connectivity index (χ2n) is 9.84. The van der Waals surface area contributed by atoms with E-state index in [2.05, 4.69) is 5.32 Å². The summed E-state index contributed by atoms with van der Waals surface area (Å²) in [5.74, 6) is -2.43. The highest BCUT2D eigenvalue weighted by Gasteiger charge is 2.55. The Bertz CT molecular complexity index is 1120. The summed E-state index contributed by atoms with van der Waals surface area (Å²) in [6, 6.07) is 12.2. The van der Waals surface area contributed by atoms with Crippen LogP contribution in [0.1, 0.15) is 35.2 Å². The quantitative estimate of drug-likeness (QED) is 0.567. The van der Waals surface area contributed by atoms with Gasteiger partial charge in [0.25, 0.3) is 11.8 Å². The maximum atomic E-state index is 14.2. The van der Waals surface area contributed by atoms with Crippen LogP contribution in [0.25, 0.3) is 0 Å². The van der Waals surface area contributed by atoms with E-state index in [9.17, 15) is 23.2 Å². The highest BCUT2D eigenvalue weighted by atomic mass is 19.1. The van der Waals surface area contributed by atoms with Crippen LogP contribution in [-0.4, -0.2) is 78.4 Å². The fourth-order valence-electron chi connectivity index (χ4n) is 5.19. The van der Waals surface area contributed by atoms with Gasteiger partial charge in [0.1, 0.15) is 17.2 Å². The average molecular weight is 499 g/mol. The van der Waals surface area contributed by atoms with Gasteiger partial charge in [-0.1, -0.05) is 30.3 Å². The molecule has 2 fully saturated rings. The monoisotopic (exact) mass is 498 g/mol. The van der Waals surface area contributed by atoms with Crippen molar-refractivity contribution in [2.45, 2.75) is 31.2 Å². The zero-order valence-corrected chi connectivity index (χ0v) is 20.7. The summed E-state index contributed by atoms with van der Waals surface area (Å²) >= 11 is 0. The SMILES string of the molecule is CN(C)CCN1C(=O)N[C@@](CCc2ccccc2)(C2CCN(C(=O)c3cc(F)ccc3F)CC2)C1=O. The lowest BCUT2D eigenvalue weighted by Gasteiger charge is -2.41. The predicted octanol–water partition coefficient (Wildman–Crippen LogP) is 3.30. The highest BCUT2D eigenvalue weighted by molar-refractivity contribution is 6.07. The molecule has 2 aromatic rings. The number of nitrogens with zero attached hydrogens (tertiary/aromatic N) is 3. The van der Waals surface area contributed by atoms with Gasteiger partial charge in [-0.05, 0) is 69.5 Å². The van der Waals surface area contributed by atoms with Crippen molar-refractivity contribution >= 4 is 17.8 Å². The Morgan fingerprint density at radius 3 is 2.44 bits per heavy atom. The second kappa shape index (κ2) is 10.7. The molecule has 0 bridgehead atoms. The Labute approximate surface area is 210 Å². The molecule has 0 aliphatic carbocycles. The third kappa shape index (κ3) is 5.26. The Morgan fingerprint density at radius 1 is 1.08 bits per heavy atom. The van der Waals surface area contributed by atoms with Crippen molar-refractivity contribution in [1.29, 1.82) is 0 Å². The molecule has 1 atom stereocenters. The van der Waals surface area contributed by atoms with Crippen LogP contribution in [0, 0.1) is 17.6 Å². The van der Waals surface area contributed by atoms with Crippen molar-refractivity contribution in [2.75, 3.05) is 40.3 Å². The number of likely N-dealkylation sites (tertiary alicyclic amines) is 1. The Balaban J connectivity index is 1.52. The fourth-order valence-corrected chi connectivity index (χ4v) is 5.19. The molecule has 2 aliphatic heterocycles. The summed E-state index contributed by atoms with van der Waals surface area (Å²) in [7, 11) is 3.77. The van der Waals surface area contributed by atoms with E-state index in [0.717, 1.165) is 23.8 Å². The molecular weight excluding hydrogens is 466 g/mol. The van der Waals surface area contributed by atoms with E-state index in [1.807, 2.05) is 49.3 Å². The number of nitrogens with one attached hydrogen (secondary N) is 1. The fraction of sp³-hybridized carbons (Fsp3) is 0.444. The van der Waals surface area contributed by atoms with E-state index in [0.29, 0.717) is 38.8 Å². The predicted molar refractivity (Wildman–Crippen MR) is 131 cm³/mol. The van der Waals surface area contributed by atoms with Gasteiger partial charge in [-0.2, -0.15) is 0 Å². The van der Waals surface area contributed by atoms with Crippen LogP contribution in [0.3, 0.4) is 0 Å². The van der Waals surface area contributed by atoms with Gasteiger partial charge in [-0.25, -0.2) is 13.6 Å². The van der Waals surface area contributed by atoms with E-state index in [4.69, 9.17) is 0 Å². The van der Waals surface area contributed by atoms with E-state index < -0.39 is 29.1 Å². The minimum Gasteiger partial charge on any atom is -0.339 e. The van der Waals surface area contributed by atoms with Gasteiger partial charge in [0.05, 0.1) is 5.56 Å². The number of hydrogen-bond donors (Lipinski definition) is 1. The molecular formula is C27H32F2N4O3. The number of hydrogen-bond acceptors (Lipinski definition) is 4. The summed E-state index contributed by atoms with van der Waals surface area (Å²) < 4.78 is 27.8. The minimum atomic E-state index is -1.07. The van der Waals surface area contributed by atoms with Gasteiger partial charge in [0.2, 0.25) is 0 Å². The third-order valence-corrected chi connectivity index (χ3v) is 7.26. The smallest absolute Gasteiger partial charge is 0.325 e. The molecule has 0 aromatic heterocycles. The second-order valence-corrected chi connectivity index (χ2v) is 9.84. The zero-order valence-electron chi connectivity index (χ0n) is 20.7. The summed E-state index contributed by atoms with van der Waals surface area (Å²) in [5.41, 5.74) is -0.300. The van der Waals surface area contributed by atoms with E-state index in [-0.39, 0.29) is 30.5 Å². The molecule has 1 N–H and O–H groups in total. The summed E-state index contributed by atoms with van der Waals surface area (Å²) in [4.78, 5) is 44.3. The lowest BCUT2D eigenvalue weighted by atomic mass is 9.74. The summed E-state index contributed by atoms with van der Waals surface area (Å²) in [6.07, 6.45) is 1.98. The first-order valence-electron chi connectivity index (χ1n) is 12.3.